The molecule has 0 aliphatic heterocycles. The van der Waals surface area contributed by atoms with Gasteiger partial charge in [-0.1, -0.05) is 0 Å². The van der Waals surface area contributed by atoms with Crippen LogP contribution in [0.2, 0.25) is 0 Å². The van der Waals surface area contributed by atoms with Crippen molar-refractivity contribution in [3.8, 4) is 0 Å². The van der Waals surface area contributed by atoms with Crippen LogP contribution in [-0.2, 0) is 0 Å². The van der Waals surface area contributed by atoms with E-state index in [1.54, 1.807) is 5.41 Å². The van der Waals surface area contributed by atoms with E-state index >= 15 is 0 Å². The Labute approximate surface area is 49.2 Å². The van der Waals surface area contributed by atoms with Gasteiger partial charge in [0.1, 0.15) is 0 Å². The van der Waals surface area contributed by atoms with E-state index in [0.29, 0.717) is 0 Å². The van der Waals surface area contributed by atoms with Crippen molar-refractivity contribution < 1.29 is 18.9 Å². The zero-order valence-corrected chi connectivity index (χ0v) is 4.38. The Bertz CT molecular complexity index is 20.9. The molecule has 0 rings (SSSR count). The quantitative estimate of drug-likeness (QED) is 0.267. The second-order valence-corrected chi connectivity index (χ2v) is 1.12. The van der Waals surface area contributed by atoms with Crippen LogP contribution >= 0.6 is 11.8 Å². The fourth-order valence-electron chi connectivity index (χ4n) is 0. The zero-order valence-electron chi connectivity index (χ0n) is 3.56. The van der Waals surface area contributed by atoms with Gasteiger partial charge in [0.25, 0.3) is 0 Å². The molecular weight excluding hydrogens is 75.0 g/mol. The minimum Gasteiger partial charge on any atom is -0.507 e. The van der Waals surface area contributed by atoms with Crippen LogP contribution in [0.1, 0.15) is 0 Å². The van der Waals surface area contributed by atoms with Gasteiger partial charge in [-0.05, 0) is 6.26 Å². The zero-order chi connectivity index (χ0) is 3.41. The van der Waals surface area contributed by atoms with Crippen molar-refractivity contribution >= 4 is 11.8 Å². The topological polar surface area (TPSA) is 0 Å². The van der Waals surface area contributed by atoms with Crippen molar-refractivity contribution in [1.29, 1.82) is 0 Å². The summed E-state index contributed by atoms with van der Waals surface area (Å²) in [5.41, 5.74) is 0. The van der Waals surface area contributed by atoms with Crippen molar-refractivity contribution in [3.63, 3.8) is 0 Å². The van der Waals surface area contributed by atoms with E-state index < -0.39 is 0 Å². The molecule has 0 spiro atoms. The molecule has 0 nitrogen and oxygen atoms in total. The summed E-state index contributed by atoms with van der Waals surface area (Å²) in [6, 6.07) is 0. The Morgan fingerprint density at radius 2 is 2.00 bits per heavy atom. The van der Waals surface area contributed by atoms with Crippen molar-refractivity contribution in [3.05, 3.63) is 12.0 Å². The van der Waals surface area contributed by atoms with Gasteiger partial charge in [0, 0.05) is 0 Å². The molecule has 0 saturated carbocycles. The van der Waals surface area contributed by atoms with Crippen LogP contribution in [0.5, 0.6) is 0 Å². The van der Waals surface area contributed by atoms with E-state index in [1.807, 2.05) is 6.26 Å². The first-order valence-electron chi connectivity index (χ1n) is 0.977. The second kappa shape index (κ2) is 8.82. The Morgan fingerprint density at radius 3 is 2.00 bits per heavy atom. The summed E-state index contributed by atoms with van der Waals surface area (Å²) in [6.07, 6.45) is 1.92. The predicted molar refractivity (Wildman–Crippen MR) is 22.4 cm³/mol. The molecule has 0 N–H and O–H groups in total. The van der Waals surface area contributed by atoms with Gasteiger partial charge < -0.3 is 6.58 Å². The molecule has 0 bridgehead atoms. The van der Waals surface area contributed by atoms with E-state index in [1.165, 1.54) is 11.8 Å². The Morgan fingerprint density at radius 1 is 1.80 bits per heavy atom. The second-order valence-electron chi connectivity index (χ2n) is 0.372. The van der Waals surface area contributed by atoms with Crippen LogP contribution in [0.4, 0.5) is 0 Å². The van der Waals surface area contributed by atoms with E-state index in [-0.39, 0.29) is 18.9 Å². The third-order valence-electron chi connectivity index (χ3n) is 0.136. The first-order valence-corrected chi connectivity index (χ1v) is 2.27. The van der Waals surface area contributed by atoms with Gasteiger partial charge >= 0.3 is 18.9 Å². The standard InChI is InChI=1S/C3H5S.Li/c1-3-4-2;/h1,3H,2H3;/q-1;+1. The molecule has 0 fully saturated rings. The van der Waals surface area contributed by atoms with Gasteiger partial charge in [0.05, 0.1) is 0 Å². The normalized spacial score (nSPS) is 5.00. The summed E-state index contributed by atoms with van der Waals surface area (Å²) in [7, 11) is 0. The summed E-state index contributed by atoms with van der Waals surface area (Å²) in [6.45, 7) is 4.87. The minimum atomic E-state index is 0. The molecule has 5 heavy (non-hydrogen) atoms. The van der Waals surface area contributed by atoms with Crippen LogP contribution in [0.25, 0.3) is 0 Å². The third-order valence-corrected chi connectivity index (χ3v) is 0.408. The van der Waals surface area contributed by atoms with Gasteiger partial charge in [0.15, 0.2) is 0 Å². The van der Waals surface area contributed by atoms with E-state index in [9.17, 15) is 0 Å². The van der Waals surface area contributed by atoms with Crippen molar-refractivity contribution in [2.45, 2.75) is 0 Å². The fraction of sp³-hybridized carbons (Fsp3) is 0.333. The van der Waals surface area contributed by atoms with Gasteiger partial charge in [0.2, 0.25) is 0 Å². The average molecular weight is 80.1 g/mol. The van der Waals surface area contributed by atoms with Crippen LogP contribution in [-0.4, -0.2) is 6.26 Å². The Kier molecular flexibility index (Phi) is 16.2. The van der Waals surface area contributed by atoms with E-state index in [0.717, 1.165) is 0 Å². The summed E-state index contributed by atoms with van der Waals surface area (Å²) < 4.78 is 0. The first-order chi connectivity index (χ1) is 1.91. The van der Waals surface area contributed by atoms with Crippen molar-refractivity contribution in [2.24, 2.45) is 0 Å². The number of hydrogen-bond donors (Lipinski definition) is 0. The maximum atomic E-state index is 4.87. The van der Waals surface area contributed by atoms with Crippen molar-refractivity contribution in [2.75, 3.05) is 6.26 Å². The number of thioether (sulfide) groups is 1. The van der Waals surface area contributed by atoms with Gasteiger partial charge in [-0.3, -0.25) is 0 Å². The van der Waals surface area contributed by atoms with Crippen LogP contribution in [0.15, 0.2) is 5.41 Å². The number of hydrogen-bond acceptors (Lipinski definition) is 1. The Balaban J connectivity index is 0. The molecule has 0 aliphatic rings. The monoisotopic (exact) mass is 80.0 g/mol. The Hall–Kier alpha value is 0.687. The van der Waals surface area contributed by atoms with E-state index in [4.69, 9.17) is 6.58 Å². The molecule has 0 unspecified atom stereocenters. The van der Waals surface area contributed by atoms with Gasteiger partial charge in [-0.25, -0.2) is 5.41 Å². The summed E-state index contributed by atoms with van der Waals surface area (Å²) in [4.78, 5) is 0. The predicted octanol–water partition coefficient (Wildman–Crippen LogP) is -1.70. The van der Waals surface area contributed by atoms with Crippen molar-refractivity contribution in [1.82, 2.24) is 0 Å². The smallest absolute Gasteiger partial charge is 0.507 e. The number of rotatable bonds is 1. The minimum absolute atomic E-state index is 0. The van der Waals surface area contributed by atoms with Crippen LogP contribution in [0, 0.1) is 6.58 Å². The molecule has 0 aromatic carbocycles. The molecule has 0 aliphatic carbocycles. The summed E-state index contributed by atoms with van der Waals surface area (Å²) in [5.74, 6) is 0. The fourth-order valence-corrected chi connectivity index (χ4v) is 0. The SMILES string of the molecule is [CH-]=CSC.[Li+]. The molecule has 24 valence electrons. The van der Waals surface area contributed by atoms with Gasteiger partial charge in [-0.2, -0.15) is 11.8 Å². The third kappa shape index (κ3) is 11.9. The molecule has 0 amide bonds. The maximum Gasteiger partial charge on any atom is 1.00 e. The van der Waals surface area contributed by atoms with Gasteiger partial charge in [-0.15, -0.1) is 0 Å². The molecule has 0 aromatic rings. The molecular formula is C3H5LiS. The molecule has 0 saturated heterocycles. The molecule has 0 atom stereocenters. The largest absolute Gasteiger partial charge is 1.00 e. The molecule has 0 heterocycles. The summed E-state index contributed by atoms with van der Waals surface area (Å²) >= 11 is 1.51. The molecule has 2 heteroatoms. The maximum absolute atomic E-state index is 4.87. The average Bonchev–Trinajstić information content (AvgIpc) is 1.37. The molecule has 0 radical (unpaired) electrons. The van der Waals surface area contributed by atoms with Crippen LogP contribution in [0.3, 0.4) is 0 Å². The van der Waals surface area contributed by atoms with E-state index in [2.05, 4.69) is 0 Å². The van der Waals surface area contributed by atoms with Crippen LogP contribution < -0.4 is 18.9 Å². The first kappa shape index (κ1) is 9.19. The summed E-state index contributed by atoms with van der Waals surface area (Å²) in [5, 5.41) is 1.54. The molecule has 0 aromatic heterocycles.